The molecule has 0 aliphatic heterocycles. The summed E-state index contributed by atoms with van der Waals surface area (Å²) >= 11 is 0. The van der Waals surface area contributed by atoms with E-state index in [4.69, 9.17) is 0 Å². The summed E-state index contributed by atoms with van der Waals surface area (Å²) in [5, 5.41) is 11.6. The summed E-state index contributed by atoms with van der Waals surface area (Å²) < 4.78 is 0. The van der Waals surface area contributed by atoms with E-state index in [9.17, 15) is 19.2 Å². The molecule has 0 saturated heterocycles. The van der Waals surface area contributed by atoms with Crippen LogP contribution in [0.1, 0.15) is 83.5 Å². The predicted molar refractivity (Wildman–Crippen MR) is 173 cm³/mol. The minimum atomic E-state index is -0.188. The van der Waals surface area contributed by atoms with Gasteiger partial charge in [-0.05, 0) is 86.3 Å². The Morgan fingerprint density at radius 2 is 0.841 bits per heavy atom. The van der Waals surface area contributed by atoms with Gasteiger partial charge in [0, 0.05) is 35.3 Å². The van der Waals surface area contributed by atoms with E-state index in [0.717, 1.165) is 11.1 Å². The minimum absolute atomic E-state index is 0.127. The summed E-state index contributed by atoms with van der Waals surface area (Å²) in [7, 11) is 0. The zero-order chi connectivity index (χ0) is 31.3. The molecule has 4 aromatic carbocycles. The Morgan fingerprint density at radius 1 is 0.500 bits per heavy atom. The molecule has 44 heavy (non-hydrogen) atoms. The second kappa shape index (κ2) is 15.8. The molecule has 8 nitrogen and oxygen atoms in total. The fourth-order valence-electron chi connectivity index (χ4n) is 4.64. The van der Waals surface area contributed by atoms with Crippen molar-refractivity contribution in [1.29, 1.82) is 0 Å². The highest BCUT2D eigenvalue weighted by molar-refractivity contribution is 5.97. The molecule has 4 rings (SSSR count). The Balaban J connectivity index is 1.13. The molecule has 0 spiro atoms. The fraction of sp³-hybridized carbons (Fsp3) is 0.222. The lowest BCUT2D eigenvalue weighted by Gasteiger charge is -2.14. The van der Waals surface area contributed by atoms with Crippen molar-refractivity contribution in [2.45, 2.75) is 51.6 Å². The van der Waals surface area contributed by atoms with Crippen molar-refractivity contribution in [2.75, 3.05) is 10.6 Å². The normalized spacial score (nSPS) is 12.0. The zero-order valence-electron chi connectivity index (χ0n) is 25.0. The quantitative estimate of drug-likeness (QED) is 0.128. The van der Waals surface area contributed by atoms with Crippen LogP contribution in [0.15, 0.2) is 109 Å². The van der Waals surface area contributed by atoms with Gasteiger partial charge in [0.15, 0.2) is 0 Å². The van der Waals surface area contributed by atoms with E-state index in [1.165, 1.54) is 0 Å². The first-order valence-corrected chi connectivity index (χ1v) is 14.8. The van der Waals surface area contributed by atoms with Crippen molar-refractivity contribution < 1.29 is 19.2 Å². The summed E-state index contributed by atoms with van der Waals surface area (Å²) in [6, 6.07) is 32.7. The molecule has 8 heteroatoms. The number of rotatable bonds is 13. The Morgan fingerprint density at radius 3 is 1.18 bits per heavy atom. The summed E-state index contributed by atoms with van der Waals surface area (Å²) in [5.74, 6) is -0.689. The molecule has 2 unspecified atom stereocenters. The van der Waals surface area contributed by atoms with Crippen LogP contribution in [0.4, 0.5) is 11.4 Å². The molecule has 4 N–H and O–H groups in total. The average Bonchev–Trinajstić information content (AvgIpc) is 3.04. The number of benzene rings is 4. The highest BCUT2D eigenvalue weighted by Crippen LogP contribution is 2.17. The second-order valence-corrected chi connectivity index (χ2v) is 10.7. The molecule has 0 fully saturated rings. The monoisotopic (exact) mass is 590 g/mol. The number of carbonyl (C=O) groups is 4. The summed E-state index contributed by atoms with van der Waals surface area (Å²) in [5.41, 5.74) is 4.26. The van der Waals surface area contributed by atoms with E-state index >= 15 is 0 Å². The average molecular weight is 591 g/mol. The molecule has 4 amide bonds. The zero-order valence-corrected chi connectivity index (χ0v) is 25.0. The van der Waals surface area contributed by atoms with Gasteiger partial charge in [-0.3, -0.25) is 19.2 Å². The number of hydrogen-bond acceptors (Lipinski definition) is 4. The molecule has 4 aromatic rings. The SMILES string of the molecule is CC(NC(=O)c1ccc(NC(=O)CCCCC(=O)Nc2ccc(C(=O)NC(C)c3ccccc3)cc2)cc1)c1ccccc1. The molecular formula is C36H38N4O4. The lowest BCUT2D eigenvalue weighted by molar-refractivity contribution is -0.118. The first-order chi connectivity index (χ1) is 21.3. The van der Waals surface area contributed by atoms with Crippen LogP contribution in [-0.4, -0.2) is 23.6 Å². The first kappa shape index (κ1) is 31.7. The molecule has 0 aliphatic carbocycles. The van der Waals surface area contributed by atoms with Gasteiger partial charge in [-0.25, -0.2) is 0 Å². The van der Waals surface area contributed by atoms with Crippen LogP contribution < -0.4 is 21.3 Å². The number of amides is 4. The van der Waals surface area contributed by atoms with Gasteiger partial charge in [-0.2, -0.15) is 0 Å². The van der Waals surface area contributed by atoms with Gasteiger partial charge in [0.05, 0.1) is 12.1 Å². The van der Waals surface area contributed by atoms with Crippen molar-refractivity contribution in [1.82, 2.24) is 10.6 Å². The fourth-order valence-corrected chi connectivity index (χ4v) is 4.64. The van der Waals surface area contributed by atoms with Crippen LogP contribution in [0.25, 0.3) is 0 Å². The van der Waals surface area contributed by atoms with Gasteiger partial charge in [0.25, 0.3) is 11.8 Å². The summed E-state index contributed by atoms with van der Waals surface area (Å²) in [6.07, 6.45) is 1.65. The lowest BCUT2D eigenvalue weighted by Crippen LogP contribution is -2.26. The topological polar surface area (TPSA) is 116 Å². The van der Waals surface area contributed by atoms with E-state index < -0.39 is 0 Å². The predicted octanol–water partition coefficient (Wildman–Crippen LogP) is 6.81. The van der Waals surface area contributed by atoms with Gasteiger partial charge in [0.2, 0.25) is 11.8 Å². The Bertz CT molecular complexity index is 1420. The van der Waals surface area contributed by atoms with Gasteiger partial charge in [-0.15, -0.1) is 0 Å². The van der Waals surface area contributed by atoms with Crippen molar-refractivity contribution in [3.8, 4) is 0 Å². The molecule has 0 bridgehead atoms. The maximum absolute atomic E-state index is 12.6. The lowest BCUT2D eigenvalue weighted by atomic mass is 10.1. The molecule has 2 atom stereocenters. The number of nitrogens with one attached hydrogen (secondary N) is 4. The van der Waals surface area contributed by atoms with Gasteiger partial charge < -0.3 is 21.3 Å². The van der Waals surface area contributed by atoms with Crippen LogP contribution >= 0.6 is 0 Å². The van der Waals surface area contributed by atoms with Gasteiger partial charge in [0.1, 0.15) is 0 Å². The number of carbonyl (C=O) groups excluding carboxylic acids is 4. The van der Waals surface area contributed by atoms with Crippen molar-refractivity contribution in [3.63, 3.8) is 0 Å². The largest absolute Gasteiger partial charge is 0.346 e. The Kier molecular flexibility index (Phi) is 11.4. The number of anilines is 2. The standard InChI is InChI=1S/C36H38N4O4/c1-25(27-11-5-3-6-12-27)37-35(43)29-17-21-31(22-18-29)39-33(41)15-9-10-16-34(42)40-32-23-19-30(20-24-32)36(44)38-26(2)28-13-7-4-8-14-28/h3-8,11-14,17-26H,9-10,15-16H2,1-2H3,(H,37,43)(H,38,44)(H,39,41)(H,40,42). The maximum atomic E-state index is 12.6. The summed E-state index contributed by atoms with van der Waals surface area (Å²) in [6.45, 7) is 3.86. The third kappa shape index (κ3) is 9.66. The molecule has 226 valence electrons. The van der Waals surface area contributed by atoms with Crippen LogP contribution in [0.3, 0.4) is 0 Å². The van der Waals surface area contributed by atoms with E-state index in [-0.39, 0.29) is 48.6 Å². The molecule has 0 saturated carbocycles. The van der Waals surface area contributed by atoms with E-state index in [1.54, 1.807) is 48.5 Å². The van der Waals surface area contributed by atoms with E-state index in [1.807, 2.05) is 74.5 Å². The maximum Gasteiger partial charge on any atom is 0.251 e. The number of unbranched alkanes of at least 4 members (excludes halogenated alkanes) is 1. The van der Waals surface area contributed by atoms with Gasteiger partial charge >= 0.3 is 0 Å². The second-order valence-electron chi connectivity index (χ2n) is 10.7. The van der Waals surface area contributed by atoms with Gasteiger partial charge in [-0.1, -0.05) is 60.7 Å². The molecule has 0 heterocycles. The van der Waals surface area contributed by atoms with Crippen LogP contribution in [0.2, 0.25) is 0 Å². The number of hydrogen-bond donors (Lipinski definition) is 4. The van der Waals surface area contributed by atoms with Crippen LogP contribution in [-0.2, 0) is 9.59 Å². The van der Waals surface area contributed by atoms with Crippen LogP contribution in [0, 0.1) is 0 Å². The van der Waals surface area contributed by atoms with Crippen molar-refractivity contribution in [2.24, 2.45) is 0 Å². The van der Waals surface area contributed by atoms with Crippen molar-refractivity contribution in [3.05, 3.63) is 131 Å². The first-order valence-electron chi connectivity index (χ1n) is 14.8. The molecule has 0 radical (unpaired) electrons. The Hall–Kier alpha value is -5.24. The molecule has 0 aliphatic rings. The minimum Gasteiger partial charge on any atom is -0.346 e. The van der Waals surface area contributed by atoms with Crippen molar-refractivity contribution >= 4 is 35.0 Å². The third-order valence-corrected chi connectivity index (χ3v) is 7.21. The third-order valence-electron chi connectivity index (χ3n) is 7.21. The smallest absolute Gasteiger partial charge is 0.251 e. The highest BCUT2D eigenvalue weighted by Gasteiger charge is 2.13. The summed E-state index contributed by atoms with van der Waals surface area (Å²) in [4.78, 5) is 49.9. The van der Waals surface area contributed by atoms with E-state index in [0.29, 0.717) is 35.3 Å². The Labute approximate surface area is 258 Å². The van der Waals surface area contributed by atoms with E-state index in [2.05, 4.69) is 21.3 Å². The van der Waals surface area contributed by atoms with Crippen LogP contribution in [0.5, 0.6) is 0 Å². The molecular weight excluding hydrogens is 552 g/mol. The highest BCUT2D eigenvalue weighted by atomic mass is 16.2. The molecule has 0 aromatic heterocycles.